The number of halogens is 3. The summed E-state index contributed by atoms with van der Waals surface area (Å²) in [5.74, 6) is 0.176. The maximum absolute atomic E-state index is 12.9. The van der Waals surface area contributed by atoms with Crippen molar-refractivity contribution in [2.24, 2.45) is 5.92 Å². The third-order valence-corrected chi connectivity index (χ3v) is 4.24. The van der Waals surface area contributed by atoms with Crippen LogP contribution in [0.1, 0.15) is 24.5 Å². The van der Waals surface area contributed by atoms with E-state index in [2.05, 4.69) is 0 Å². The van der Waals surface area contributed by atoms with Crippen molar-refractivity contribution in [1.82, 2.24) is 4.90 Å². The second-order valence-corrected chi connectivity index (χ2v) is 6.06. The standard InChI is InChI=1S/C16H22F3NO2/c1-11(21)13-6-7-20(9-13)10-14(22)8-12-4-2-3-5-15(12)16(17,18)19/h2-5,11,13-14,21-22H,6-10H2,1H3. The molecule has 3 atom stereocenters. The molecule has 0 saturated carbocycles. The van der Waals surface area contributed by atoms with Crippen molar-refractivity contribution in [3.05, 3.63) is 35.4 Å². The molecule has 3 unspecified atom stereocenters. The molecule has 0 aliphatic carbocycles. The van der Waals surface area contributed by atoms with Crippen molar-refractivity contribution in [1.29, 1.82) is 0 Å². The number of likely N-dealkylation sites (tertiary alicyclic amines) is 1. The van der Waals surface area contributed by atoms with E-state index < -0.39 is 23.9 Å². The van der Waals surface area contributed by atoms with E-state index in [1.807, 2.05) is 4.90 Å². The van der Waals surface area contributed by atoms with Crippen molar-refractivity contribution in [2.45, 2.75) is 38.1 Å². The first-order valence-electron chi connectivity index (χ1n) is 7.51. The first kappa shape index (κ1) is 17.2. The first-order valence-corrected chi connectivity index (χ1v) is 7.51. The normalized spacial score (nSPS) is 22.7. The second kappa shape index (κ2) is 6.98. The van der Waals surface area contributed by atoms with Gasteiger partial charge in [0.1, 0.15) is 0 Å². The van der Waals surface area contributed by atoms with Crippen LogP contribution in [0.5, 0.6) is 0 Å². The van der Waals surface area contributed by atoms with Crippen LogP contribution in [0.25, 0.3) is 0 Å². The summed E-state index contributed by atoms with van der Waals surface area (Å²) in [6.45, 7) is 3.50. The number of alkyl halides is 3. The summed E-state index contributed by atoms with van der Waals surface area (Å²) in [4.78, 5) is 2.00. The van der Waals surface area contributed by atoms with E-state index in [9.17, 15) is 23.4 Å². The van der Waals surface area contributed by atoms with Crippen LogP contribution < -0.4 is 0 Å². The Labute approximate surface area is 128 Å². The predicted molar refractivity (Wildman–Crippen MR) is 77.4 cm³/mol. The summed E-state index contributed by atoms with van der Waals surface area (Å²) in [5.41, 5.74) is -0.564. The van der Waals surface area contributed by atoms with Gasteiger partial charge in [-0.05, 0) is 37.4 Å². The van der Waals surface area contributed by atoms with E-state index in [1.54, 1.807) is 13.0 Å². The van der Waals surface area contributed by atoms with Crippen LogP contribution in [0.3, 0.4) is 0 Å². The molecule has 0 amide bonds. The van der Waals surface area contributed by atoms with E-state index in [0.29, 0.717) is 13.1 Å². The average molecular weight is 317 g/mol. The Hall–Kier alpha value is -1.11. The quantitative estimate of drug-likeness (QED) is 0.876. The molecule has 0 spiro atoms. The van der Waals surface area contributed by atoms with Gasteiger partial charge in [0, 0.05) is 19.5 Å². The minimum absolute atomic E-state index is 0.0223. The maximum atomic E-state index is 12.9. The molecule has 1 aromatic carbocycles. The van der Waals surface area contributed by atoms with Crippen molar-refractivity contribution < 1.29 is 23.4 Å². The number of hydrogen-bond donors (Lipinski definition) is 2. The van der Waals surface area contributed by atoms with Gasteiger partial charge in [0.15, 0.2) is 0 Å². The molecule has 1 heterocycles. The zero-order valence-electron chi connectivity index (χ0n) is 12.6. The number of hydrogen-bond acceptors (Lipinski definition) is 3. The van der Waals surface area contributed by atoms with Gasteiger partial charge in [-0.1, -0.05) is 18.2 Å². The lowest BCUT2D eigenvalue weighted by atomic mass is 10.0. The summed E-state index contributed by atoms with van der Waals surface area (Å²) in [5, 5.41) is 19.7. The van der Waals surface area contributed by atoms with Gasteiger partial charge in [-0.15, -0.1) is 0 Å². The van der Waals surface area contributed by atoms with Crippen LogP contribution in [0, 0.1) is 5.92 Å². The smallest absolute Gasteiger partial charge is 0.393 e. The molecule has 6 heteroatoms. The molecule has 1 aromatic rings. The van der Waals surface area contributed by atoms with Gasteiger partial charge in [0.2, 0.25) is 0 Å². The highest BCUT2D eigenvalue weighted by Gasteiger charge is 2.33. The Morgan fingerprint density at radius 2 is 1.95 bits per heavy atom. The van der Waals surface area contributed by atoms with E-state index in [1.165, 1.54) is 12.1 Å². The van der Waals surface area contributed by atoms with Crippen molar-refractivity contribution >= 4 is 0 Å². The molecule has 2 rings (SSSR count). The van der Waals surface area contributed by atoms with Gasteiger partial charge in [0.05, 0.1) is 17.8 Å². The Morgan fingerprint density at radius 1 is 1.27 bits per heavy atom. The summed E-state index contributed by atoms with van der Waals surface area (Å²) in [6, 6.07) is 5.36. The summed E-state index contributed by atoms with van der Waals surface area (Å²) in [7, 11) is 0. The molecule has 1 aliphatic heterocycles. The molecule has 0 aromatic heterocycles. The minimum atomic E-state index is -4.40. The molecule has 0 bridgehead atoms. The van der Waals surface area contributed by atoms with Gasteiger partial charge in [-0.2, -0.15) is 13.2 Å². The fraction of sp³-hybridized carbons (Fsp3) is 0.625. The van der Waals surface area contributed by atoms with Crippen molar-refractivity contribution in [2.75, 3.05) is 19.6 Å². The Bertz CT molecular complexity index is 491. The lowest BCUT2D eigenvalue weighted by molar-refractivity contribution is -0.138. The minimum Gasteiger partial charge on any atom is -0.393 e. The molecule has 1 saturated heterocycles. The highest BCUT2D eigenvalue weighted by Crippen LogP contribution is 2.32. The molecule has 1 fully saturated rings. The zero-order chi connectivity index (χ0) is 16.3. The molecule has 2 N–H and O–H groups in total. The number of aliphatic hydroxyl groups is 2. The Morgan fingerprint density at radius 3 is 2.55 bits per heavy atom. The Balaban J connectivity index is 1.95. The second-order valence-electron chi connectivity index (χ2n) is 6.06. The van der Waals surface area contributed by atoms with Gasteiger partial charge < -0.3 is 15.1 Å². The van der Waals surface area contributed by atoms with Crippen molar-refractivity contribution in [3.63, 3.8) is 0 Å². The van der Waals surface area contributed by atoms with E-state index in [-0.39, 0.29) is 17.9 Å². The highest BCUT2D eigenvalue weighted by atomic mass is 19.4. The molecular formula is C16H22F3NO2. The maximum Gasteiger partial charge on any atom is 0.416 e. The molecule has 3 nitrogen and oxygen atoms in total. The van der Waals surface area contributed by atoms with Crippen LogP contribution in [-0.2, 0) is 12.6 Å². The molecule has 1 aliphatic rings. The van der Waals surface area contributed by atoms with Gasteiger partial charge in [0.25, 0.3) is 0 Å². The van der Waals surface area contributed by atoms with E-state index in [0.717, 1.165) is 19.0 Å². The fourth-order valence-corrected chi connectivity index (χ4v) is 3.01. The van der Waals surface area contributed by atoms with Gasteiger partial charge in [-0.25, -0.2) is 0 Å². The summed E-state index contributed by atoms with van der Waals surface area (Å²) >= 11 is 0. The van der Waals surface area contributed by atoms with E-state index in [4.69, 9.17) is 0 Å². The molecular weight excluding hydrogens is 295 g/mol. The lowest BCUT2D eigenvalue weighted by Gasteiger charge is -2.22. The third-order valence-electron chi connectivity index (χ3n) is 4.24. The fourth-order valence-electron chi connectivity index (χ4n) is 3.01. The monoisotopic (exact) mass is 317 g/mol. The molecule has 124 valence electrons. The van der Waals surface area contributed by atoms with Crippen LogP contribution >= 0.6 is 0 Å². The molecule has 0 radical (unpaired) electrons. The van der Waals surface area contributed by atoms with Crippen LogP contribution in [0.2, 0.25) is 0 Å². The first-order chi connectivity index (χ1) is 10.3. The molecule has 22 heavy (non-hydrogen) atoms. The number of nitrogens with zero attached hydrogens (tertiary/aromatic N) is 1. The average Bonchev–Trinajstić information content (AvgIpc) is 2.86. The topological polar surface area (TPSA) is 43.7 Å². The number of rotatable bonds is 5. The number of benzene rings is 1. The largest absolute Gasteiger partial charge is 0.416 e. The lowest BCUT2D eigenvalue weighted by Crippen LogP contribution is -2.33. The van der Waals surface area contributed by atoms with Crippen LogP contribution in [0.15, 0.2) is 24.3 Å². The zero-order valence-corrected chi connectivity index (χ0v) is 12.6. The van der Waals surface area contributed by atoms with Crippen LogP contribution in [-0.4, -0.2) is 47.0 Å². The van der Waals surface area contributed by atoms with Crippen molar-refractivity contribution in [3.8, 4) is 0 Å². The predicted octanol–water partition coefficient (Wildman–Crippen LogP) is 2.31. The van der Waals surface area contributed by atoms with Gasteiger partial charge >= 0.3 is 6.18 Å². The number of β-amino-alcohol motifs (C(OH)–C–C–N with tert-alkyl or cyclic N) is 1. The number of aliphatic hydroxyl groups excluding tert-OH is 2. The van der Waals surface area contributed by atoms with Gasteiger partial charge in [-0.3, -0.25) is 0 Å². The SMILES string of the molecule is CC(O)C1CCN(CC(O)Cc2ccccc2C(F)(F)F)C1. The Kier molecular flexibility index (Phi) is 5.47. The summed E-state index contributed by atoms with van der Waals surface area (Å²) < 4.78 is 38.8. The highest BCUT2D eigenvalue weighted by molar-refractivity contribution is 5.30. The third kappa shape index (κ3) is 4.44. The van der Waals surface area contributed by atoms with E-state index >= 15 is 0 Å². The van der Waals surface area contributed by atoms with Crippen LogP contribution in [0.4, 0.5) is 13.2 Å². The summed E-state index contributed by atoms with van der Waals surface area (Å²) in [6.07, 6.45) is -4.82.